The summed E-state index contributed by atoms with van der Waals surface area (Å²) >= 11 is 1.91. The summed E-state index contributed by atoms with van der Waals surface area (Å²) in [5.41, 5.74) is 10.8. The Morgan fingerprint density at radius 2 is 1.12 bits per heavy atom. The summed E-state index contributed by atoms with van der Waals surface area (Å²) in [6.45, 7) is 0. The van der Waals surface area contributed by atoms with E-state index in [4.69, 9.17) is 0 Å². The fourth-order valence-corrected chi connectivity index (χ4v) is 8.46. The second-order valence-electron chi connectivity index (χ2n) is 10.6. The number of fused-ring (bicyclic) bond motifs is 12. The molecule has 0 bridgehead atoms. The molecule has 188 valence electrons. The Morgan fingerprint density at radius 1 is 0.500 bits per heavy atom. The van der Waals surface area contributed by atoms with Crippen LogP contribution in [0.15, 0.2) is 149 Å². The summed E-state index contributed by atoms with van der Waals surface area (Å²) in [4.78, 5) is 8.77. The zero-order chi connectivity index (χ0) is 26.3. The van der Waals surface area contributed by atoms with Gasteiger partial charge in [0.25, 0.3) is 0 Å². The Kier molecular flexibility index (Phi) is 4.50. The van der Waals surface area contributed by atoms with Crippen molar-refractivity contribution in [2.75, 3.05) is 4.90 Å². The molecule has 0 saturated heterocycles. The van der Waals surface area contributed by atoms with Gasteiger partial charge in [0.15, 0.2) is 0 Å². The number of hydrogen-bond acceptors (Lipinski definition) is 2. The molecule has 0 saturated carbocycles. The molecule has 2 nitrogen and oxygen atoms in total. The van der Waals surface area contributed by atoms with Crippen LogP contribution in [0.2, 0.25) is 0 Å². The number of para-hydroxylation sites is 4. The summed E-state index contributed by atoms with van der Waals surface area (Å²) in [6.07, 6.45) is 0. The van der Waals surface area contributed by atoms with E-state index in [9.17, 15) is 0 Å². The largest absolute Gasteiger partial charge is 0.354 e. The molecular weight excluding hydrogens is 504 g/mol. The maximum atomic E-state index is 3.69. The third kappa shape index (κ3) is 2.75. The highest BCUT2D eigenvalue weighted by Crippen LogP contribution is 2.63. The van der Waals surface area contributed by atoms with E-state index in [2.05, 4.69) is 149 Å². The van der Waals surface area contributed by atoms with E-state index in [-0.39, 0.29) is 0 Å². The van der Waals surface area contributed by atoms with Crippen molar-refractivity contribution < 1.29 is 0 Å². The average Bonchev–Trinajstić information content (AvgIpc) is 3.41. The van der Waals surface area contributed by atoms with Crippen molar-refractivity contribution in [2.45, 2.75) is 15.2 Å². The number of H-pyrrole nitrogens is 1. The number of benzene rings is 6. The fourth-order valence-electron chi connectivity index (χ4n) is 7.11. The molecule has 2 aliphatic rings. The maximum Gasteiger partial charge on any atom is 0.0764 e. The number of hydrogen-bond donors (Lipinski definition) is 1. The van der Waals surface area contributed by atoms with Crippen LogP contribution in [0, 0.1) is 0 Å². The standard InChI is InChI=1S/C37H24N2S/c1-2-12-24(13-3-1)39-32-19-9-5-15-26(32)37(27-16-6-10-20-33(27)39)28-17-7-11-21-34(28)40-36-29(37)22-23-31-35(36)25-14-4-8-18-30(25)38-31/h1-23,38H. The van der Waals surface area contributed by atoms with Crippen molar-refractivity contribution in [1.29, 1.82) is 0 Å². The van der Waals surface area contributed by atoms with E-state index in [0.717, 1.165) is 0 Å². The van der Waals surface area contributed by atoms with Crippen LogP contribution in [0.3, 0.4) is 0 Å². The zero-order valence-electron chi connectivity index (χ0n) is 21.6. The first-order valence-corrected chi connectivity index (χ1v) is 14.5. The lowest BCUT2D eigenvalue weighted by molar-refractivity contribution is 0.695. The number of nitrogens with one attached hydrogen (secondary N) is 1. The molecule has 0 unspecified atom stereocenters. The van der Waals surface area contributed by atoms with Crippen molar-refractivity contribution in [3.63, 3.8) is 0 Å². The quantitative estimate of drug-likeness (QED) is 0.229. The SMILES string of the molecule is c1ccc(N2c3ccccc3C3(c4ccccc4Sc4c3ccc3[nH]c5ccccc5c43)c3ccccc32)cc1. The van der Waals surface area contributed by atoms with Crippen LogP contribution >= 0.6 is 11.8 Å². The maximum absolute atomic E-state index is 3.69. The van der Waals surface area contributed by atoms with E-state index in [1.807, 2.05) is 11.8 Å². The number of aromatic amines is 1. The summed E-state index contributed by atoms with van der Waals surface area (Å²) in [7, 11) is 0. The molecular formula is C37H24N2S. The Labute approximate surface area is 236 Å². The van der Waals surface area contributed by atoms with Gasteiger partial charge in [-0.2, -0.15) is 0 Å². The first kappa shape index (κ1) is 22.1. The lowest BCUT2D eigenvalue weighted by Gasteiger charge is -2.49. The highest BCUT2D eigenvalue weighted by atomic mass is 32.2. The molecule has 2 aliphatic heterocycles. The van der Waals surface area contributed by atoms with Gasteiger partial charge in [-0.3, -0.25) is 0 Å². The van der Waals surface area contributed by atoms with E-state index < -0.39 is 5.41 Å². The summed E-state index contributed by atoms with van der Waals surface area (Å²) in [5.74, 6) is 0. The molecule has 1 aromatic heterocycles. The third-order valence-corrected chi connectivity index (χ3v) is 9.85. The number of anilines is 3. The molecule has 40 heavy (non-hydrogen) atoms. The topological polar surface area (TPSA) is 19.0 Å². The molecule has 0 radical (unpaired) electrons. The van der Waals surface area contributed by atoms with Gasteiger partial charge in [-0.25, -0.2) is 0 Å². The molecule has 0 amide bonds. The van der Waals surface area contributed by atoms with Crippen LogP contribution in [0.5, 0.6) is 0 Å². The highest BCUT2D eigenvalue weighted by molar-refractivity contribution is 7.99. The molecule has 1 spiro atoms. The van der Waals surface area contributed by atoms with E-state index >= 15 is 0 Å². The first-order valence-electron chi connectivity index (χ1n) is 13.7. The smallest absolute Gasteiger partial charge is 0.0764 e. The summed E-state index contributed by atoms with van der Waals surface area (Å²) < 4.78 is 0. The summed E-state index contributed by atoms with van der Waals surface area (Å²) in [5, 5.41) is 2.59. The van der Waals surface area contributed by atoms with Gasteiger partial charge in [0.2, 0.25) is 0 Å². The van der Waals surface area contributed by atoms with Gasteiger partial charge in [0.1, 0.15) is 0 Å². The second kappa shape index (κ2) is 8.14. The molecule has 9 rings (SSSR count). The minimum atomic E-state index is -0.456. The Hall–Kier alpha value is -4.73. The number of nitrogens with zero attached hydrogens (tertiary/aromatic N) is 1. The predicted molar refractivity (Wildman–Crippen MR) is 166 cm³/mol. The molecule has 0 atom stereocenters. The van der Waals surface area contributed by atoms with Gasteiger partial charge < -0.3 is 9.88 Å². The van der Waals surface area contributed by atoms with Crippen molar-refractivity contribution >= 4 is 50.6 Å². The van der Waals surface area contributed by atoms with Crippen molar-refractivity contribution in [2.24, 2.45) is 0 Å². The van der Waals surface area contributed by atoms with Crippen LogP contribution in [0.4, 0.5) is 17.1 Å². The average molecular weight is 529 g/mol. The Morgan fingerprint density at radius 3 is 1.90 bits per heavy atom. The molecule has 0 fully saturated rings. The van der Waals surface area contributed by atoms with Crippen LogP contribution in [0.1, 0.15) is 22.3 Å². The van der Waals surface area contributed by atoms with Gasteiger partial charge in [0, 0.05) is 37.3 Å². The molecule has 7 aromatic rings. The van der Waals surface area contributed by atoms with Crippen LogP contribution in [-0.2, 0) is 5.41 Å². The number of rotatable bonds is 1. The van der Waals surface area contributed by atoms with E-state index in [1.165, 1.54) is 70.9 Å². The van der Waals surface area contributed by atoms with Crippen LogP contribution in [-0.4, -0.2) is 4.98 Å². The van der Waals surface area contributed by atoms with Crippen LogP contribution < -0.4 is 4.90 Å². The summed E-state index contributed by atoms with van der Waals surface area (Å²) in [6, 6.07) is 51.1. The predicted octanol–water partition coefficient (Wildman–Crippen LogP) is 9.95. The molecule has 0 aliphatic carbocycles. The highest BCUT2D eigenvalue weighted by Gasteiger charge is 2.50. The van der Waals surface area contributed by atoms with Crippen LogP contribution in [0.25, 0.3) is 21.8 Å². The zero-order valence-corrected chi connectivity index (χ0v) is 22.5. The first-order chi connectivity index (χ1) is 19.9. The Balaban J connectivity index is 1.48. The fraction of sp³-hybridized carbons (Fsp3) is 0.0270. The van der Waals surface area contributed by atoms with E-state index in [0.29, 0.717) is 0 Å². The Bertz CT molecular complexity index is 2060. The third-order valence-electron chi connectivity index (χ3n) is 8.64. The van der Waals surface area contributed by atoms with Gasteiger partial charge >= 0.3 is 0 Å². The van der Waals surface area contributed by atoms with Gasteiger partial charge in [-0.1, -0.05) is 109 Å². The molecule has 6 aromatic carbocycles. The number of aromatic nitrogens is 1. The van der Waals surface area contributed by atoms with Gasteiger partial charge in [-0.05, 0) is 64.7 Å². The van der Waals surface area contributed by atoms with E-state index in [1.54, 1.807) is 0 Å². The van der Waals surface area contributed by atoms with Crippen molar-refractivity contribution in [1.82, 2.24) is 4.98 Å². The monoisotopic (exact) mass is 528 g/mol. The molecule has 3 heterocycles. The normalized spacial score (nSPS) is 14.6. The lowest BCUT2D eigenvalue weighted by Crippen LogP contribution is -2.39. The molecule has 3 heteroatoms. The molecule has 1 N–H and O–H groups in total. The van der Waals surface area contributed by atoms with Gasteiger partial charge in [0.05, 0.1) is 16.8 Å². The minimum absolute atomic E-state index is 0.456. The van der Waals surface area contributed by atoms with Crippen molar-refractivity contribution in [3.05, 3.63) is 162 Å². The minimum Gasteiger partial charge on any atom is -0.354 e. The lowest BCUT2D eigenvalue weighted by atomic mass is 9.62. The second-order valence-corrected chi connectivity index (χ2v) is 11.6. The van der Waals surface area contributed by atoms with Gasteiger partial charge in [-0.15, -0.1) is 0 Å². The van der Waals surface area contributed by atoms with Crippen molar-refractivity contribution in [3.8, 4) is 0 Å².